The first kappa shape index (κ1) is 14.1. The molecule has 3 heteroatoms. The highest BCUT2D eigenvalue weighted by atomic mass is 19.1. The maximum absolute atomic E-state index is 14.8. The second-order valence-corrected chi connectivity index (χ2v) is 6.45. The molecule has 4 rings (SSSR count). The highest BCUT2D eigenvalue weighted by Crippen LogP contribution is 2.39. The number of fused-ring (bicyclic) bond motifs is 2. The summed E-state index contributed by atoms with van der Waals surface area (Å²) in [6.45, 7) is 3.66. The van der Waals surface area contributed by atoms with Gasteiger partial charge in [-0.1, -0.05) is 48.5 Å². The van der Waals surface area contributed by atoms with Crippen LogP contribution in [0.5, 0.6) is 0 Å². The molecule has 1 aromatic heterocycles. The Labute approximate surface area is 134 Å². The average Bonchev–Trinajstić information content (AvgIpc) is 2.58. The predicted octanol–water partition coefficient (Wildman–Crippen LogP) is 4.88. The fourth-order valence-corrected chi connectivity index (χ4v) is 3.11. The summed E-state index contributed by atoms with van der Waals surface area (Å²) in [5.74, 6) is 0. The van der Waals surface area contributed by atoms with Crippen LogP contribution in [-0.4, -0.2) is 16.2 Å². The summed E-state index contributed by atoms with van der Waals surface area (Å²) >= 11 is 0. The molecule has 1 aliphatic heterocycles. The maximum Gasteiger partial charge on any atom is 0.150 e. The van der Waals surface area contributed by atoms with Gasteiger partial charge in [-0.2, -0.15) is 0 Å². The number of nitrogens with zero attached hydrogens (tertiary/aromatic N) is 2. The summed E-state index contributed by atoms with van der Waals surface area (Å²) in [5.41, 5.74) is 3.21. The quantitative estimate of drug-likeness (QED) is 0.629. The van der Waals surface area contributed by atoms with Gasteiger partial charge in [0.25, 0.3) is 0 Å². The molecule has 0 spiro atoms. The summed E-state index contributed by atoms with van der Waals surface area (Å²) < 4.78 is 14.8. The van der Waals surface area contributed by atoms with Gasteiger partial charge in [-0.15, -0.1) is 0 Å². The molecule has 0 aliphatic carbocycles. The first-order chi connectivity index (χ1) is 11.1. The van der Waals surface area contributed by atoms with Crippen molar-refractivity contribution in [3.8, 4) is 0 Å². The highest BCUT2D eigenvalue weighted by Gasteiger charge is 2.37. The van der Waals surface area contributed by atoms with Gasteiger partial charge in [0.2, 0.25) is 0 Å². The molecular weight excluding hydrogens is 287 g/mol. The fraction of sp³-hybridized carbons (Fsp3) is 0.200. The molecule has 0 saturated heterocycles. The number of benzene rings is 2. The molecule has 2 aromatic carbocycles. The van der Waals surface area contributed by atoms with Gasteiger partial charge in [-0.05, 0) is 31.5 Å². The SMILES string of the molecule is CC1(C)N=C(c2ccc3ccccc3n2)c2ccccc2C1F. The smallest absolute Gasteiger partial charge is 0.150 e. The van der Waals surface area contributed by atoms with E-state index < -0.39 is 11.7 Å². The summed E-state index contributed by atoms with van der Waals surface area (Å²) in [5, 5.41) is 1.09. The van der Waals surface area contributed by atoms with E-state index in [1.54, 1.807) is 0 Å². The van der Waals surface area contributed by atoms with E-state index in [0.717, 1.165) is 27.9 Å². The van der Waals surface area contributed by atoms with Crippen LogP contribution >= 0.6 is 0 Å². The largest absolute Gasteiger partial charge is 0.273 e. The zero-order valence-corrected chi connectivity index (χ0v) is 13.1. The maximum atomic E-state index is 14.8. The van der Waals surface area contributed by atoms with Crippen molar-refractivity contribution in [3.05, 3.63) is 77.5 Å². The van der Waals surface area contributed by atoms with Crippen LogP contribution in [-0.2, 0) is 0 Å². The van der Waals surface area contributed by atoms with Crippen molar-refractivity contribution in [2.24, 2.45) is 4.99 Å². The van der Waals surface area contributed by atoms with E-state index in [9.17, 15) is 4.39 Å². The molecule has 1 unspecified atom stereocenters. The third-order valence-electron chi connectivity index (χ3n) is 4.35. The second kappa shape index (κ2) is 4.98. The van der Waals surface area contributed by atoms with E-state index in [-0.39, 0.29) is 0 Å². The van der Waals surface area contributed by atoms with Gasteiger partial charge in [0.15, 0.2) is 6.17 Å². The molecule has 1 atom stereocenters. The number of halogens is 1. The summed E-state index contributed by atoms with van der Waals surface area (Å²) in [6, 6.07) is 19.5. The minimum Gasteiger partial charge on any atom is -0.273 e. The van der Waals surface area contributed by atoms with Crippen molar-refractivity contribution < 1.29 is 4.39 Å². The van der Waals surface area contributed by atoms with Crippen LogP contribution in [0.3, 0.4) is 0 Å². The second-order valence-electron chi connectivity index (χ2n) is 6.45. The number of para-hydroxylation sites is 1. The molecular formula is C20H17FN2. The molecule has 0 radical (unpaired) electrons. The zero-order chi connectivity index (χ0) is 16.0. The lowest BCUT2D eigenvalue weighted by atomic mass is 9.84. The van der Waals surface area contributed by atoms with E-state index in [1.807, 2.05) is 74.5 Å². The van der Waals surface area contributed by atoms with E-state index in [4.69, 9.17) is 9.98 Å². The predicted molar refractivity (Wildman–Crippen MR) is 91.8 cm³/mol. The monoisotopic (exact) mass is 304 g/mol. The van der Waals surface area contributed by atoms with Crippen LogP contribution < -0.4 is 0 Å². The molecule has 0 fully saturated rings. The number of pyridine rings is 1. The number of hydrogen-bond donors (Lipinski definition) is 0. The lowest BCUT2D eigenvalue weighted by Gasteiger charge is -2.32. The van der Waals surface area contributed by atoms with E-state index in [0.29, 0.717) is 5.56 Å². The number of alkyl halides is 1. The van der Waals surface area contributed by atoms with Crippen LogP contribution in [0, 0.1) is 0 Å². The minimum absolute atomic E-state index is 0.692. The lowest BCUT2D eigenvalue weighted by molar-refractivity contribution is 0.221. The van der Waals surface area contributed by atoms with Crippen LogP contribution in [0.15, 0.2) is 65.7 Å². The Kier molecular flexibility index (Phi) is 3.05. The molecule has 2 nitrogen and oxygen atoms in total. The van der Waals surface area contributed by atoms with Gasteiger partial charge in [0, 0.05) is 10.9 Å². The third kappa shape index (κ3) is 2.24. The van der Waals surface area contributed by atoms with E-state index in [2.05, 4.69) is 0 Å². The Balaban J connectivity index is 1.95. The van der Waals surface area contributed by atoms with Crippen molar-refractivity contribution in [1.29, 1.82) is 0 Å². The van der Waals surface area contributed by atoms with Gasteiger partial charge in [0.1, 0.15) is 0 Å². The Morgan fingerprint density at radius 1 is 0.913 bits per heavy atom. The van der Waals surface area contributed by atoms with Crippen molar-refractivity contribution in [3.63, 3.8) is 0 Å². The van der Waals surface area contributed by atoms with Crippen LogP contribution in [0.4, 0.5) is 4.39 Å². The molecule has 0 bridgehead atoms. The molecule has 3 aromatic rings. The van der Waals surface area contributed by atoms with Crippen LogP contribution in [0.1, 0.15) is 36.8 Å². The first-order valence-electron chi connectivity index (χ1n) is 7.76. The topological polar surface area (TPSA) is 25.2 Å². The van der Waals surface area contributed by atoms with Crippen LogP contribution in [0.25, 0.3) is 10.9 Å². The number of rotatable bonds is 1. The van der Waals surface area contributed by atoms with Crippen molar-refractivity contribution >= 4 is 16.6 Å². The molecule has 0 amide bonds. The van der Waals surface area contributed by atoms with E-state index in [1.165, 1.54) is 0 Å². The summed E-state index contributed by atoms with van der Waals surface area (Å²) in [7, 11) is 0. The molecule has 1 aliphatic rings. The Hall–Kier alpha value is -2.55. The minimum atomic E-state index is -1.11. The fourth-order valence-electron chi connectivity index (χ4n) is 3.11. The average molecular weight is 304 g/mol. The molecule has 2 heterocycles. The van der Waals surface area contributed by atoms with Crippen molar-refractivity contribution in [1.82, 2.24) is 4.98 Å². The third-order valence-corrected chi connectivity index (χ3v) is 4.35. The van der Waals surface area contributed by atoms with Crippen molar-refractivity contribution in [2.75, 3.05) is 0 Å². The number of hydrogen-bond acceptors (Lipinski definition) is 2. The summed E-state index contributed by atoms with van der Waals surface area (Å²) in [4.78, 5) is 9.43. The van der Waals surface area contributed by atoms with Gasteiger partial charge in [0.05, 0.1) is 22.5 Å². The van der Waals surface area contributed by atoms with Gasteiger partial charge < -0.3 is 0 Å². The Morgan fingerprint density at radius 3 is 2.52 bits per heavy atom. The normalized spacial score (nSPS) is 19.3. The van der Waals surface area contributed by atoms with Gasteiger partial charge in [-0.3, -0.25) is 4.99 Å². The van der Waals surface area contributed by atoms with E-state index >= 15 is 0 Å². The molecule has 0 N–H and O–H groups in total. The summed E-state index contributed by atoms with van der Waals surface area (Å²) in [6.07, 6.45) is -1.11. The number of aromatic nitrogens is 1. The molecule has 23 heavy (non-hydrogen) atoms. The number of aliphatic imine (C=N–C) groups is 1. The zero-order valence-electron chi connectivity index (χ0n) is 13.1. The van der Waals surface area contributed by atoms with Crippen molar-refractivity contribution in [2.45, 2.75) is 25.6 Å². The Morgan fingerprint density at radius 2 is 1.65 bits per heavy atom. The standard InChI is InChI=1S/C20H17FN2/c1-20(2)19(21)15-9-5-4-8-14(15)18(23-20)17-12-11-13-7-3-6-10-16(13)22-17/h3-12,19H,1-2H3. The molecule has 0 saturated carbocycles. The first-order valence-corrected chi connectivity index (χ1v) is 7.76. The lowest BCUT2D eigenvalue weighted by Crippen LogP contribution is -2.32. The molecule has 114 valence electrons. The van der Waals surface area contributed by atoms with Gasteiger partial charge >= 0.3 is 0 Å². The highest BCUT2D eigenvalue weighted by molar-refractivity contribution is 6.14. The van der Waals surface area contributed by atoms with Gasteiger partial charge in [-0.25, -0.2) is 9.37 Å². The Bertz CT molecular complexity index is 928. The van der Waals surface area contributed by atoms with Crippen LogP contribution in [0.2, 0.25) is 0 Å².